The van der Waals surface area contributed by atoms with Crippen LogP contribution in [0.15, 0.2) is 54.6 Å². The minimum atomic E-state index is -1.07. The Labute approximate surface area is 238 Å². The number of hydrogen-bond acceptors (Lipinski definition) is 6. The quantitative estimate of drug-likeness (QED) is 0.240. The first-order valence-electron chi connectivity index (χ1n) is 12.9. The van der Waals surface area contributed by atoms with Crippen LogP contribution < -0.4 is 15.5 Å². The van der Waals surface area contributed by atoms with Crippen molar-refractivity contribution in [2.75, 3.05) is 22.6 Å². The van der Waals surface area contributed by atoms with E-state index < -0.39 is 11.6 Å². The summed E-state index contributed by atoms with van der Waals surface area (Å²) in [4.78, 5) is 33.0. The van der Waals surface area contributed by atoms with Crippen LogP contribution in [0.5, 0.6) is 0 Å². The molecule has 0 aliphatic rings. The van der Waals surface area contributed by atoms with E-state index in [0.29, 0.717) is 28.2 Å². The Hall–Kier alpha value is -4.20. The normalized spacial score (nSPS) is 11.8. The number of aromatic nitrogens is 2. The van der Waals surface area contributed by atoms with Gasteiger partial charge in [0.2, 0.25) is 11.9 Å². The molecular formula is C30H34N6O3S. The Kier molecular flexibility index (Phi) is 8.00. The molecule has 2 aromatic carbocycles. The van der Waals surface area contributed by atoms with Crippen molar-refractivity contribution in [1.29, 1.82) is 5.26 Å². The topological polar surface area (TPSA) is 123 Å². The summed E-state index contributed by atoms with van der Waals surface area (Å²) in [5, 5.41) is 25.9. The lowest BCUT2D eigenvalue weighted by Crippen LogP contribution is -2.29. The van der Waals surface area contributed by atoms with Gasteiger partial charge in [0.05, 0.1) is 39.8 Å². The molecule has 2 aromatic heterocycles. The maximum Gasteiger partial charge on any atom is 0.326 e. The summed E-state index contributed by atoms with van der Waals surface area (Å²) in [5.74, 6) is 0.274. The number of urea groups is 1. The van der Waals surface area contributed by atoms with E-state index in [2.05, 4.69) is 21.7 Å². The summed E-state index contributed by atoms with van der Waals surface area (Å²) >= 11 is 1.41. The van der Waals surface area contributed by atoms with Crippen LogP contribution in [0.25, 0.3) is 21.5 Å². The van der Waals surface area contributed by atoms with Crippen LogP contribution in [0.1, 0.15) is 46.6 Å². The second-order valence-electron chi connectivity index (χ2n) is 11.6. The van der Waals surface area contributed by atoms with Gasteiger partial charge in [-0.05, 0) is 67.3 Å². The van der Waals surface area contributed by atoms with Crippen molar-refractivity contribution in [2.24, 2.45) is 5.41 Å². The van der Waals surface area contributed by atoms with Gasteiger partial charge in [0.15, 0.2) is 0 Å². The molecule has 0 saturated carbocycles. The highest BCUT2D eigenvalue weighted by Gasteiger charge is 2.23. The number of nitrogens with zero attached hydrogens (tertiary/aromatic N) is 4. The average Bonchev–Trinajstić information content (AvgIpc) is 3.45. The monoisotopic (exact) mass is 558 g/mol. The maximum absolute atomic E-state index is 13.0. The van der Waals surface area contributed by atoms with Crippen LogP contribution in [0.4, 0.5) is 21.4 Å². The molecule has 0 bridgehead atoms. The molecule has 40 heavy (non-hydrogen) atoms. The molecule has 0 unspecified atom stereocenters. The molecule has 0 atom stereocenters. The number of rotatable bonds is 7. The number of nitriles is 1. The largest absolute Gasteiger partial charge is 0.389 e. The van der Waals surface area contributed by atoms with Crippen molar-refractivity contribution in [1.82, 2.24) is 9.55 Å². The number of anilines is 3. The van der Waals surface area contributed by atoms with Crippen molar-refractivity contribution in [3.8, 4) is 16.5 Å². The number of aliphatic hydroxyl groups is 1. The van der Waals surface area contributed by atoms with E-state index >= 15 is 0 Å². The van der Waals surface area contributed by atoms with Gasteiger partial charge in [-0.3, -0.25) is 15.4 Å². The van der Waals surface area contributed by atoms with Gasteiger partial charge in [-0.2, -0.15) is 5.26 Å². The molecule has 3 amide bonds. The van der Waals surface area contributed by atoms with Crippen LogP contribution in [-0.2, 0) is 11.3 Å². The third-order valence-electron chi connectivity index (χ3n) is 6.09. The highest BCUT2D eigenvalue weighted by molar-refractivity contribution is 7.19. The van der Waals surface area contributed by atoms with E-state index in [9.17, 15) is 14.7 Å². The predicted octanol–water partition coefficient (Wildman–Crippen LogP) is 6.45. The highest BCUT2D eigenvalue weighted by atomic mass is 32.1. The van der Waals surface area contributed by atoms with E-state index in [1.807, 2.05) is 63.2 Å². The lowest BCUT2D eigenvalue weighted by Gasteiger charge is -2.23. The van der Waals surface area contributed by atoms with Gasteiger partial charge in [-0.25, -0.2) is 9.78 Å². The molecule has 208 valence electrons. The third kappa shape index (κ3) is 7.05. The van der Waals surface area contributed by atoms with Crippen molar-refractivity contribution in [3.63, 3.8) is 0 Å². The van der Waals surface area contributed by atoms with E-state index in [4.69, 9.17) is 5.26 Å². The fourth-order valence-corrected chi connectivity index (χ4v) is 5.11. The fourth-order valence-electron chi connectivity index (χ4n) is 4.20. The number of carbonyl (C=O) groups excluding carboxylic acids is 2. The van der Waals surface area contributed by atoms with Gasteiger partial charge in [0, 0.05) is 24.0 Å². The maximum atomic E-state index is 13.0. The van der Waals surface area contributed by atoms with Crippen molar-refractivity contribution < 1.29 is 14.7 Å². The highest BCUT2D eigenvalue weighted by Crippen LogP contribution is 2.32. The summed E-state index contributed by atoms with van der Waals surface area (Å²) in [7, 11) is 1.74. The first kappa shape index (κ1) is 28.8. The smallest absolute Gasteiger partial charge is 0.326 e. The molecule has 4 aromatic rings. The molecule has 0 spiro atoms. The molecule has 3 N–H and O–H groups in total. The van der Waals surface area contributed by atoms with E-state index in [1.54, 1.807) is 42.5 Å². The molecule has 0 saturated heterocycles. The Bertz CT molecular complexity index is 1580. The molecule has 0 radical (unpaired) electrons. The van der Waals surface area contributed by atoms with Crippen molar-refractivity contribution in [3.05, 3.63) is 60.2 Å². The van der Waals surface area contributed by atoms with E-state index in [0.717, 1.165) is 16.0 Å². The molecule has 2 heterocycles. The fraction of sp³-hybridized carbons (Fsp3) is 0.333. The number of thiophene rings is 1. The number of benzene rings is 2. The van der Waals surface area contributed by atoms with Gasteiger partial charge >= 0.3 is 6.03 Å². The van der Waals surface area contributed by atoms with Crippen LogP contribution in [-0.4, -0.2) is 39.2 Å². The average molecular weight is 559 g/mol. The van der Waals surface area contributed by atoms with Crippen molar-refractivity contribution >= 4 is 50.9 Å². The lowest BCUT2D eigenvalue weighted by atomic mass is 9.91. The second kappa shape index (κ2) is 11.1. The van der Waals surface area contributed by atoms with Gasteiger partial charge in [-0.1, -0.05) is 32.9 Å². The number of amides is 3. The zero-order valence-electron chi connectivity index (χ0n) is 23.6. The molecule has 0 aliphatic heterocycles. The SMILES string of the molecule is CN(C(=O)CC(C)(C)C)c1ccc2c(c1)nc(NC(=O)Nc1ccc(-c3ccc(C#N)cc3)s1)n2CC(C)(C)O. The molecular weight excluding hydrogens is 524 g/mol. The van der Waals surface area contributed by atoms with Crippen molar-refractivity contribution in [2.45, 2.75) is 53.2 Å². The molecule has 9 nitrogen and oxygen atoms in total. The minimum Gasteiger partial charge on any atom is -0.389 e. The van der Waals surface area contributed by atoms with Gasteiger partial charge in [0.1, 0.15) is 0 Å². The molecule has 0 aliphatic carbocycles. The van der Waals surface area contributed by atoms with Gasteiger partial charge in [-0.15, -0.1) is 11.3 Å². The summed E-state index contributed by atoms with van der Waals surface area (Å²) < 4.78 is 1.76. The Balaban J connectivity index is 1.56. The molecule has 4 rings (SSSR count). The van der Waals surface area contributed by atoms with Gasteiger partial charge < -0.3 is 14.6 Å². The first-order valence-corrected chi connectivity index (χ1v) is 13.7. The zero-order chi connectivity index (χ0) is 29.2. The number of hydrogen-bond donors (Lipinski definition) is 3. The molecule has 0 fully saturated rings. The number of imidazole rings is 1. The van der Waals surface area contributed by atoms with Crippen LogP contribution in [0.2, 0.25) is 0 Å². The number of nitrogens with one attached hydrogen (secondary N) is 2. The summed E-state index contributed by atoms with van der Waals surface area (Å²) in [6.45, 7) is 9.63. The predicted molar refractivity (Wildman–Crippen MR) is 161 cm³/mol. The third-order valence-corrected chi connectivity index (χ3v) is 7.14. The zero-order valence-corrected chi connectivity index (χ0v) is 24.4. The molecule has 10 heteroatoms. The number of fused-ring (bicyclic) bond motifs is 1. The number of carbonyl (C=O) groups is 2. The summed E-state index contributed by atoms with van der Waals surface area (Å²) in [5.41, 5.74) is 2.33. The van der Waals surface area contributed by atoms with Crippen LogP contribution in [0, 0.1) is 16.7 Å². The lowest BCUT2D eigenvalue weighted by molar-refractivity contribution is -0.120. The first-order chi connectivity index (χ1) is 18.7. The van der Waals surface area contributed by atoms with Gasteiger partial charge in [0.25, 0.3) is 0 Å². The van der Waals surface area contributed by atoms with E-state index in [-0.39, 0.29) is 23.8 Å². The summed E-state index contributed by atoms with van der Waals surface area (Å²) in [6, 6.07) is 18.1. The Morgan fingerprint density at radius 1 is 1.05 bits per heavy atom. The summed E-state index contributed by atoms with van der Waals surface area (Å²) in [6.07, 6.45) is 0.400. The van der Waals surface area contributed by atoms with Crippen LogP contribution >= 0.6 is 11.3 Å². The van der Waals surface area contributed by atoms with Crippen LogP contribution in [0.3, 0.4) is 0 Å². The minimum absolute atomic E-state index is 0.00294. The van der Waals surface area contributed by atoms with E-state index in [1.165, 1.54) is 11.3 Å². The Morgan fingerprint density at radius 3 is 2.38 bits per heavy atom. The Morgan fingerprint density at radius 2 is 1.75 bits per heavy atom. The standard InChI is InChI=1S/C30H34N6O3S/c1-29(2,3)16-26(37)35(6)21-11-12-23-22(15-21)32-27(36(23)18-30(4,5)39)34-28(38)33-25-14-13-24(40-25)20-9-7-19(17-31)8-10-20/h7-15,39H,16,18H2,1-6H3,(H2,32,33,34,38). The second-order valence-corrected chi connectivity index (χ2v) is 12.7.